The van der Waals surface area contributed by atoms with Crippen molar-refractivity contribution in [3.8, 4) is 0 Å². The highest BCUT2D eigenvalue weighted by Gasteiger charge is 2.31. The minimum absolute atomic E-state index is 0.00181. The van der Waals surface area contributed by atoms with E-state index in [0.29, 0.717) is 29.7 Å². The lowest BCUT2D eigenvalue weighted by Crippen LogP contribution is -2.39. The lowest BCUT2D eigenvalue weighted by atomic mass is 10.0. The van der Waals surface area contributed by atoms with Crippen LogP contribution in [0.3, 0.4) is 0 Å². The number of furan rings is 1. The number of hydrogen-bond acceptors (Lipinski definition) is 5. The highest BCUT2D eigenvalue weighted by atomic mass is 32.2. The Labute approximate surface area is 174 Å². The van der Waals surface area contributed by atoms with Gasteiger partial charge in [-0.05, 0) is 45.0 Å². The first-order valence-corrected chi connectivity index (χ1v) is 11.1. The highest BCUT2D eigenvalue weighted by molar-refractivity contribution is 7.91. The minimum Gasteiger partial charge on any atom is -0.458 e. The summed E-state index contributed by atoms with van der Waals surface area (Å²) in [6.07, 6.45) is -0.0836. The van der Waals surface area contributed by atoms with E-state index < -0.39 is 27.3 Å². The fourth-order valence-electron chi connectivity index (χ4n) is 3.49. The third-order valence-electron chi connectivity index (χ3n) is 4.88. The van der Waals surface area contributed by atoms with E-state index in [1.807, 2.05) is 0 Å². The number of hydrogen-bond donors (Lipinski definition) is 0. The Kier molecular flexibility index (Phi) is 4.85. The average molecular weight is 431 g/mol. The third kappa shape index (κ3) is 3.67. The van der Waals surface area contributed by atoms with Gasteiger partial charge >= 0.3 is 6.09 Å². The lowest BCUT2D eigenvalue weighted by Gasteiger charge is -2.29. The van der Waals surface area contributed by atoms with Crippen LogP contribution in [0.1, 0.15) is 32.1 Å². The summed E-state index contributed by atoms with van der Waals surface area (Å²) >= 11 is 0. The fraction of sp³-hybridized carbons (Fsp3) is 0.318. The maximum atomic E-state index is 14.8. The van der Waals surface area contributed by atoms with Crippen molar-refractivity contribution < 1.29 is 26.8 Å². The van der Waals surface area contributed by atoms with E-state index >= 15 is 0 Å². The van der Waals surface area contributed by atoms with Gasteiger partial charge in [0.1, 0.15) is 11.4 Å². The van der Waals surface area contributed by atoms with Crippen molar-refractivity contribution in [3.05, 3.63) is 59.6 Å². The Hall–Kier alpha value is -2.87. The molecule has 0 unspecified atom stereocenters. The Morgan fingerprint density at radius 1 is 1.13 bits per heavy atom. The zero-order valence-electron chi connectivity index (χ0n) is 16.9. The van der Waals surface area contributed by atoms with Crippen LogP contribution in [0.4, 0.5) is 9.18 Å². The molecule has 1 aromatic heterocycles. The number of nitrogens with zero attached hydrogens (tertiary/aromatic N) is 1. The predicted molar refractivity (Wildman–Crippen MR) is 108 cm³/mol. The van der Waals surface area contributed by atoms with Crippen LogP contribution in [0.25, 0.3) is 11.0 Å². The summed E-state index contributed by atoms with van der Waals surface area (Å²) in [5, 5.41) is 0.354. The van der Waals surface area contributed by atoms with Gasteiger partial charge in [0, 0.05) is 23.9 Å². The monoisotopic (exact) mass is 431 g/mol. The molecule has 0 N–H and O–H groups in total. The quantitative estimate of drug-likeness (QED) is 0.588. The molecule has 3 aromatic rings. The molecule has 4 rings (SSSR count). The van der Waals surface area contributed by atoms with Crippen molar-refractivity contribution in [3.63, 3.8) is 0 Å². The van der Waals surface area contributed by atoms with Crippen molar-refractivity contribution in [2.24, 2.45) is 0 Å². The summed E-state index contributed by atoms with van der Waals surface area (Å²) in [6.45, 7) is 5.88. The van der Waals surface area contributed by atoms with Crippen LogP contribution in [-0.2, 0) is 27.5 Å². The van der Waals surface area contributed by atoms with E-state index in [0.717, 1.165) is 6.07 Å². The topological polar surface area (TPSA) is 76.8 Å². The first-order chi connectivity index (χ1) is 14.1. The Bertz CT molecular complexity index is 1230. The second-order valence-electron chi connectivity index (χ2n) is 8.25. The van der Waals surface area contributed by atoms with Crippen molar-refractivity contribution in [1.29, 1.82) is 0 Å². The van der Waals surface area contributed by atoms with Crippen LogP contribution in [0, 0.1) is 5.82 Å². The number of sulfone groups is 1. The smallest absolute Gasteiger partial charge is 0.410 e. The zero-order valence-corrected chi connectivity index (χ0v) is 17.8. The maximum absolute atomic E-state index is 14.8. The van der Waals surface area contributed by atoms with Gasteiger partial charge in [0.15, 0.2) is 11.4 Å². The SMILES string of the molecule is CC(C)(C)OC(=O)N1CCc2oc3c(F)cc(S(=O)(=O)c4ccccc4)cc3c2C1. The van der Waals surface area contributed by atoms with Crippen LogP contribution in [0.2, 0.25) is 0 Å². The van der Waals surface area contributed by atoms with Gasteiger partial charge in [-0.1, -0.05) is 18.2 Å². The van der Waals surface area contributed by atoms with Crippen molar-refractivity contribution >= 4 is 26.9 Å². The van der Waals surface area contributed by atoms with Gasteiger partial charge in [0.25, 0.3) is 0 Å². The highest BCUT2D eigenvalue weighted by Crippen LogP contribution is 2.35. The molecule has 2 aromatic carbocycles. The number of ether oxygens (including phenoxy) is 1. The molecule has 0 saturated heterocycles. The molecule has 2 heterocycles. The van der Waals surface area contributed by atoms with Gasteiger partial charge in [-0.15, -0.1) is 0 Å². The normalized spacial score (nSPS) is 14.6. The van der Waals surface area contributed by atoms with Gasteiger partial charge in [-0.2, -0.15) is 0 Å². The molecule has 0 atom stereocenters. The molecule has 0 radical (unpaired) electrons. The number of rotatable bonds is 2. The largest absolute Gasteiger partial charge is 0.458 e. The Morgan fingerprint density at radius 3 is 2.50 bits per heavy atom. The summed E-state index contributed by atoms with van der Waals surface area (Å²) in [4.78, 5) is 13.9. The van der Waals surface area contributed by atoms with Gasteiger partial charge in [0.05, 0.1) is 16.3 Å². The molecule has 6 nitrogen and oxygen atoms in total. The summed E-state index contributed by atoms with van der Waals surface area (Å²) in [7, 11) is -3.90. The molecular weight excluding hydrogens is 409 g/mol. The van der Waals surface area contributed by atoms with E-state index in [9.17, 15) is 17.6 Å². The van der Waals surface area contributed by atoms with Crippen LogP contribution < -0.4 is 0 Å². The molecule has 0 bridgehead atoms. The summed E-state index contributed by atoms with van der Waals surface area (Å²) < 4.78 is 51.8. The predicted octanol–water partition coefficient (Wildman–Crippen LogP) is 4.70. The second-order valence-corrected chi connectivity index (χ2v) is 10.2. The first-order valence-electron chi connectivity index (χ1n) is 9.58. The molecule has 1 aliphatic heterocycles. The molecule has 0 saturated carbocycles. The summed E-state index contributed by atoms with van der Waals surface area (Å²) in [5.74, 6) is -0.196. The lowest BCUT2D eigenvalue weighted by molar-refractivity contribution is 0.0220. The Morgan fingerprint density at radius 2 is 1.83 bits per heavy atom. The van der Waals surface area contributed by atoms with E-state index in [1.165, 1.54) is 23.1 Å². The van der Waals surface area contributed by atoms with Crippen LogP contribution >= 0.6 is 0 Å². The molecule has 0 spiro atoms. The number of amides is 1. The summed E-state index contributed by atoms with van der Waals surface area (Å²) in [6, 6.07) is 10.3. The first kappa shape index (κ1) is 20.4. The summed E-state index contributed by atoms with van der Waals surface area (Å²) in [5.41, 5.74) is -0.0389. The van der Waals surface area contributed by atoms with Gasteiger partial charge in [-0.3, -0.25) is 0 Å². The van der Waals surface area contributed by atoms with Crippen LogP contribution in [0.5, 0.6) is 0 Å². The zero-order chi connectivity index (χ0) is 21.7. The fourth-order valence-corrected chi connectivity index (χ4v) is 4.81. The average Bonchev–Trinajstić information content (AvgIpc) is 3.06. The number of carbonyl (C=O) groups excluding carboxylic acids is 1. The maximum Gasteiger partial charge on any atom is 0.410 e. The van der Waals surface area contributed by atoms with E-state index in [-0.39, 0.29) is 21.9 Å². The standard InChI is InChI=1S/C22H22FNO5S/c1-22(2,3)29-21(25)24-10-9-19-17(13-24)16-11-15(12-18(23)20(16)28-19)30(26,27)14-7-5-4-6-8-14/h4-8,11-12H,9-10,13H2,1-3H3. The molecule has 0 fully saturated rings. The second kappa shape index (κ2) is 7.12. The molecule has 0 aliphatic carbocycles. The number of halogens is 1. The van der Waals surface area contributed by atoms with Crippen molar-refractivity contribution in [2.75, 3.05) is 6.54 Å². The van der Waals surface area contributed by atoms with Crippen LogP contribution in [-0.4, -0.2) is 31.6 Å². The number of benzene rings is 2. The van der Waals surface area contributed by atoms with E-state index in [4.69, 9.17) is 9.15 Å². The van der Waals surface area contributed by atoms with Gasteiger partial charge in [0.2, 0.25) is 9.84 Å². The molecule has 1 aliphatic rings. The van der Waals surface area contributed by atoms with Gasteiger partial charge in [-0.25, -0.2) is 17.6 Å². The minimum atomic E-state index is -3.90. The van der Waals surface area contributed by atoms with Crippen molar-refractivity contribution in [2.45, 2.75) is 49.1 Å². The van der Waals surface area contributed by atoms with Crippen molar-refractivity contribution in [1.82, 2.24) is 4.90 Å². The van der Waals surface area contributed by atoms with E-state index in [1.54, 1.807) is 39.0 Å². The number of carbonyl (C=O) groups is 1. The van der Waals surface area contributed by atoms with E-state index in [2.05, 4.69) is 0 Å². The molecule has 1 amide bonds. The molecule has 8 heteroatoms. The van der Waals surface area contributed by atoms with Gasteiger partial charge < -0.3 is 14.1 Å². The third-order valence-corrected chi connectivity index (χ3v) is 6.63. The molecular formula is C22H22FNO5S. The number of fused-ring (bicyclic) bond motifs is 3. The van der Waals surface area contributed by atoms with Crippen LogP contribution in [0.15, 0.2) is 56.7 Å². The Balaban J connectivity index is 1.76. The molecule has 30 heavy (non-hydrogen) atoms. The molecule has 158 valence electrons.